The largest absolute Gasteiger partial charge is 0.444 e. The van der Waals surface area contributed by atoms with Crippen molar-refractivity contribution in [2.45, 2.75) is 58.3 Å². The monoisotopic (exact) mass is 449 g/mol. The van der Waals surface area contributed by atoms with Crippen molar-refractivity contribution in [3.05, 3.63) is 42.0 Å². The molecule has 1 aromatic rings. The van der Waals surface area contributed by atoms with Crippen molar-refractivity contribution in [1.29, 1.82) is 0 Å². The second kappa shape index (κ2) is 12.2. The minimum absolute atomic E-state index is 0.195. The van der Waals surface area contributed by atoms with Crippen LogP contribution in [0.25, 0.3) is 6.08 Å². The molecule has 4 N–H and O–H groups in total. The van der Waals surface area contributed by atoms with Gasteiger partial charge in [-0.25, -0.2) is 4.79 Å². The SMILES string of the molecule is C=Cc1cccc(C(C(=O)NC(C)C)N(CCO)C(=O)C(CO)NC(=O)OC(C)(C)C)c1. The first-order valence-electron chi connectivity index (χ1n) is 10.5. The fourth-order valence-corrected chi connectivity index (χ4v) is 3.00. The molecule has 0 bridgehead atoms. The Bertz CT molecular complexity index is 803. The summed E-state index contributed by atoms with van der Waals surface area (Å²) >= 11 is 0. The van der Waals surface area contributed by atoms with E-state index in [-0.39, 0.29) is 12.6 Å². The average molecular weight is 450 g/mol. The molecule has 0 aromatic heterocycles. The predicted molar refractivity (Wildman–Crippen MR) is 122 cm³/mol. The summed E-state index contributed by atoms with van der Waals surface area (Å²) in [5.41, 5.74) is 0.436. The molecular weight excluding hydrogens is 414 g/mol. The molecule has 0 heterocycles. The van der Waals surface area contributed by atoms with E-state index in [0.717, 1.165) is 10.5 Å². The van der Waals surface area contributed by atoms with Crippen molar-refractivity contribution in [2.24, 2.45) is 0 Å². The highest BCUT2D eigenvalue weighted by Gasteiger charge is 2.36. The molecule has 2 atom stereocenters. The van der Waals surface area contributed by atoms with E-state index in [2.05, 4.69) is 17.2 Å². The number of aliphatic hydroxyl groups is 2. The molecule has 2 unspecified atom stereocenters. The lowest BCUT2D eigenvalue weighted by molar-refractivity contribution is -0.144. The third kappa shape index (κ3) is 8.32. The Hall–Kier alpha value is -2.91. The molecule has 1 aromatic carbocycles. The Morgan fingerprint density at radius 3 is 2.34 bits per heavy atom. The van der Waals surface area contributed by atoms with Gasteiger partial charge in [0.1, 0.15) is 17.7 Å². The zero-order valence-electron chi connectivity index (χ0n) is 19.4. The van der Waals surface area contributed by atoms with E-state index in [9.17, 15) is 24.6 Å². The molecule has 178 valence electrons. The molecule has 0 aliphatic carbocycles. The number of rotatable bonds is 10. The first kappa shape index (κ1) is 27.1. The predicted octanol–water partition coefficient (Wildman–Crippen LogP) is 1.60. The van der Waals surface area contributed by atoms with Crippen LogP contribution in [0.15, 0.2) is 30.8 Å². The topological polar surface area (TPSA) is 128 Å². The lowest BCUT2D eigenvalue weighted by Gasteiger charge is -2.34. The lowest BCUT2D eigenvalue weighted by atomic mass is 10.00. The molecular formula is C23H35N3O6. The van der Waals surface area contributed by atoms with Crippen LogP contribution in [0.1, 0.15) is 51.8 Å². The molecule has 0 aliphatic rings. The Kier molecular flexibility index (Phi) is 10.3. The number of amides is 3. The maximum atomic E-state index is 13.3. The highest BCUT2D eigenvalue weighted by atomic mass is 16.6. The molecule has 0 saturated carbocycles. The second-order valence-corrected chi connectivity index (χ2v) is 8.58. The number of alkyl carbamates (subject to hydrolysis) is 1. The molecule has 0 saturated heterocycles. The smallest absolute Gasteiger partial charge is 0.408 e. The minimum atomic E-state index is -1.37. The molecule has 3 amide bonds. The summed E-state index contributed by atoms with van der Waals surface area (Å²) in [5.74, 6) is -1.20. The Labute approximate surface area is 189 Å². The summed E-state index contributed by atoms with van der Waals surface area (Å²) in [5, 5.41) is 24.5. The van der Waals surface area contributed by atoms with Gasteiger partial charge in [-0.15, -0.1) is 0 Å². The molecule has 1 rings (SSSR count). The quantitative estimate of drug-likeness (QED) is 0.430. The second-order valence-electron chi connectivity index (χ2n) is 8.58. The van der Waals surface area contributed by atoms with Crippen molar-refractivity contribution in [3.63, 3.8) is 0 Å². The van der Waals surface area contributed by atoms with Crippen LogP contribution in [0.3, 0.4) is 0 Å². The van der Waals surface area contributed by atoms with Crippen molar-refractivity contribution in [3.8, 4) is 0 Å². The molecule has 0 spiro atoms. The van der Waals surface area contributed by atoms with Gasteiger partial charge in [-0.05, 0) is 51.8 Å². The molecule has 9 nitrogen and oxygen atoms in total. The first-order valence-corrected chi connectivity index (χ1v) is 10.5. The number of benzene rings is 1. The lowest BCUT2D eigenvalue weighted by Crippen LogP contribution is -2.55. The van der Waals surface area contributed by atoms with Gasteiger partial charge < -0.3 is 30.5 Å². The van der Waals surface area contributed by atoms with Crippen LogP contribution in [0.5, 0.6) is 0 Å². The Morgan fingerprint density at radius 1 is 1.19 bits per heavy atom. The van der Waals surface area contributed by atoms with Crippen LogP contribution in [-0.2, 0) is 14.3 Å². The molecule has 0 aliphatic heterocycles. The summed E-state index contributed by atoms with van der Waals surface area (Å²) in [6, 6.07) is 4.25. The van der Waals surface area contributed by atoms with Crippen molar-refractivity contribution in [2.75, 3.05) is 19.8 Å². The van der Waals surface area contributed by atoms with E-state index in [1.807, 2.05) is 0 Å². The Balaban J connectivity index is 3.35. The summed E-state index contributed by atoms with van der Waals surface area (Å²) in [6.07, 6.45) is 0.727. The Morgan fingerprint density at radius 2 is 1.84 bits per heavy atom. The van der Waals surface area contributed by atoms with Gasteiger partial charge in [0.05, 0.1) is 13.2 Å². The fraction of sp³-hybridized carbons (Fsp3) is 0.522. The standard InChI is InChI=1S/C23H35N3O6/c1-7-16-9-8-10-17(13-16)19(20(29)24-15(2)3)26(11-12-27)21(30)18(14-28)25-22(31)32-23(4,5)6/h7-10,13,15,18-19,27-28H,1,11-12,14H2,2-6H3,(H,24,29)(H,25,31). The van der Waals surface area contributed by atoms with Gasteiger partial charge in [0, 0.05) is 12.6 Å². The van der Waals surface area contributed by atoms with Gasteiger partial charge >= 0.3 is 6.09 Å². The van der Waals surface area contributed by atoms with E-state index in [1.54, 1.807) is 65.0 Å². The summed E-state index contributed by atoms with van der Waals surface area (Å²) in [4.78, 5) is 39.7. The van der Waals surface area contributed by atoms with Gasteiger partial charge in [0.15, 0.2) is 0 Å². The zero-order chi connectivity index (χ0) is 24.5. The van der Waals surface area contributed by atoms with Crippen LogP contribution >= 0.6 is 0 Å². The van der Waals surface area contributed by atoms with Gasteiger partial charge in [0.25, 0.3) is 0 Å². The summed E-state index contributed by atoms with van der Waals surface area (Å²) < 4.78 is 5.16. The van der Waals surface area contributed by atoms with E-state index in [4.69, 9.17) is 4.74 Å². The van der Waals surface area contributed by atoms with Crippen LogP contribution in [0.4, 0.5) is 4.79 Å². The molecule has 9 heteroatoms. The fourth-order valence-electron chi connectivity index (χ4n) is 3.00. The van der Waals surface area contributed by atoms with Crippen LogP contribution in [0.2, 0.25) is 0 Å². The van der Waals surface area contributed by atoms with Gasteiger partial charge in [-0.3, -0.25) is 9.59 Å². The molecule has 32 heavy (non-hydrogen) atoms. The van der Waals surface area contributed by atoms with Crippen LogP contribution in [-0.4, -0.2) is 70.5 Å². The van der Waals surface area contributed by atoms with Gasteiger partial charge in [0.2, 0.25) is 11.8 Å². The van der Waals surface area contributed by atoms with Crippen molar-refractivity contribution < 1.29 is 29.3 Å². The summed E-state index contributed by atoms with van der Waals surface area (Å²) in [6.45, 7) is 11.0. The third-order valence-electron chi connectivity index (χ3n) is 4.25. The van der Waals surface area contributed by atoms with E-state index in [0.29, 0.717) is 5.56 Å². The maximum absolute atomic E-state index is 13.3. The van der Waals surface area contributed by atoms with E-state index in [1.165, 1.54) is 0 Å². The van der Waals surface area contributed by atoms with E-state index >= 15 is 0 Å². The summed E-state index contributed by atoms with van der Waals surface area (Å²) in [7, 11) is 0. The number of nitrogens with zero attached hydrogens (tertiary/aromatic N) is 1. The number of nitrogens with one attached hydrogen (secondary N) is 2. The highest BCUT2D eigenvalue weighted by molar-refractivity contribution is 5.92. The number of hydrogen-bond donors (Lipinski definition) is 4. The maximum Gasteiger partial charge on any atom is 0.408 e. The number of aliphatic hydroxyl groups excluding tert-OH is 2. The highest BCUT2D eigenvalue weighted by Crippen LogP contribution is 2.24. The minimum Gasteiger partial charge on any atom is -0.444 e. The number of carbonyl (C=O) groups excluding carboxylic acids is 3. The van der Waals surface area contributed by atoms with Crippen molar-refractivity contribution in [1.82, 2.24) is 15.5 Å². The first-order chi connectivity index (χ1) is 14.9. The number of carbonyl (C=O) groups is 3. The van der Waals surface area contributed by atoms with Crippen LogP contribution in [0, 0.1) is 0 Å². The molecule has 0 radical (unpaired) electrons. The number of hydrogen-bond acceptors (Lipinski definition) is 6. The third-order valence-corrected chi connectivity index (χ3v) is 4.25. The zero-order valence-corrected chi connectivity index (χ0v) is 19.4. The van der Waals surface area contributed by atoms with E-state index < -0.39 is 48.8 Å². The normalized spacial score (nSPS) is 13.1. The molecule has 0 fully saturated rings. The number of ether oxygens (including phenoxy) is 1. The van der Waals surface area contributed by atoms with Crippen LogP contribution < -0.4 is 10.6 Å². The van der Waals surface area contributed by atoms with Gasteiger partial charge in [-0.2, -0.15) is 0 Å². The van der Waals surface area contributed by atoms with Gasteiger partial charge in [-0.1, -0.05) is 30.9 Å². The average Bonchev–Trinajstić information content (AvgIpc) is 2.69. The van der Waals surface area contributed by atoms with Crippen molar-refractivity contribution >= 4 is 24.0 Å².